The van der Waals surface area contributed by atoms with Gasteiger partial charge in [-0.3, -0.25) is 0 Å². The molecule has 0 heterocycles. The molecule has 0 aliphatic heterocycles. The molecule has 2 nitrogen and oxygen atoms in total. The van der Waals surface area contributed by atoms with Crippen molar-refractivity contribution in [2.24, 2.45) is 0 Å². The van der Waals surface area contributed by atoms with Gasteiger partial charge in [-0.05, 0) is 25.7 Å². The van der Waals surface area contributed by atoms with Crippen molar-refractivity contribution in [3.63, 3.8) is 0 Å². The van der Waals surface area contributed by atoms with Crippen LogP contribution in [0.1, 0.15) is 65.2 Å². The van der Waals surface area contributed by atoms with Gasteiger partial charge in [-0.1, -0.05) is 39.5 Å². The maximum atomic E-state index is 5.94. The van der Waals surface area contributed by atoms with Crippen LogP contribution in [-0.4, -0.2) is 26.4 Å². The number of unbranched alkanes of at least 4 members (excludes halogenated alkanes) is 3. The van der Waals surface area contributed by atoms with Crippen LogP contribution < -0.4 is 0 Å². The Morgan fingerprint density at radius 2 is 1.38 bits per heavy atom. The van der Waals surface area contributed by atoms with Crippen LogP contribution in [0.15, 0.2) is 0 Å². The Morgan fingerprint density at radius 3 is 1.88 bits per heavy atom. The van der Waals surface area contributed by atoms with E-state index in [0.29, 0.717) is 6.10 Å². The SMILES string of the molecule is CCCCC(CCCC)OCCCCOC. The van der Waals surface area contributed by atoms with E-state index in [-0.39, 0.29) is 0 Å². The van der Waals surface area contributed by atoms with Gasteiger partial charge in [0.25, 0.3) is 0 Å². The molecule has 0 unspecified atom stereocenters. The summed E-state index contributed by atoms with van der Waals surface area (Å²) in [4.78, 5) is 0. The summed E-state index contributed by atoms with van der Waals surface area (Å²) in [7, 11) is 1.76. The lowest BCUT2D eigenvalue weighted by Crippen LogP contribution is -2.14. The van der Waals surface area contributed by atoms with E-state index < -0.39 is 0 Å². The Bertz CT molecular complexity index is 118. The van der Waals surface area contributed by atoms with E-state index in [1.807, 2.05) is 0 Å². The Balaban J connectivity index is 3.48. The fourth-order valence-electron chi connectivity index (χ4n) is 1.77. The van der Waals surface area contributed by atoms with Crippen LogP contribution in [0.5, 0.6) is 0 Å². The van der Waals surface area contributed by atoms with Crippen molar-refractivity contribution < 1.29 is 9.47 Å². The molecule has 98 valence electrons. The number of hydrogen-bond donors (Lipinski definition) is 0. The highest BCUT2D eigenvalue weighted by molar-refractivity contribution is 4.58. The summed E-state index contributed by atoms with van der Waals surface area (Å²) >= 11 is 0. The minimum atomic E-state index is 0.502. The molecule has 16 heavy (non-hydrogen) atoms. The predicted molar refractivity (Wildman–Crippen MR) is 69.9 cm³/mol. The van der Waals surface area contributed by atoms with E-state index in [2.05, 4.69) is 13.8 Å². The highest BCUT2D eigenvalue weighted by Crippen LogP contribution is 2.13. The van der Waals surface area contributed by atoms with Gasteiger partial charge in [0.1, 0.15) is 0 Å². The largest absolute Gasteiger partial charge is 0.385 e. The molecule has 2 heteroatoms. The Hall–Kier alpha value is -0.0800. The summed E-state index contributed by atoms with van der Waals surface area (Å²) in [6.45, 7) is 6.25. The Kier molecular flexibility index (Phi) is 12.9. The zero-order valence-electron chi connectivity index (χ0n) is 11.5. The molecule has 0 spiro atoms. The van der Waals surface area contributed by atoms with Crippen LogP contribution in [0.25, 0.3) is 0 Å². The van der Waals surface area contributed by atoms with Gasteiger partial charge in [0.15, 0.2) is 0 Å². The predicted octanol–water partition coefficient (Wildman–Crippen LogP) is 4.18. The first kappa shape index (κ1) is 15.9. The molecule has 0 saturated carbocycles. The van der Waals surface area contributed by atoms with Crippen molar-refractivity contribution in [3.8, 4) is 0 Å². The minimum absolute atomic E-state index is 0.502. The van der Waals surface area contributed by atoms with Crippen LogP contribution in [-0.2, 0) is 9.47 Å². The van der Waals surface area contributed by atoms with Gasteiger partial charge in [0, 0.05) is 20.3 Å². The van der Waals surface area contributed by atoms with Crippen LogP contribution in [0, 0.1) is 0 Å². The number of rotatable bonds is 12. The number of methoxy groups -OCH3 is 1. The molecular formula is C14H30O2. The molecule has 0 fully saturated rings. The fraction of sp³-hybridized carbons (Fsp3) is 1.00. The molecule has 0 amide bonds. The van der Waals surface area contributed by atoms with Gasteiger partial charge in [-0.25, -0.2) is 0 Å². The number of hydrogen-bond acceptors (Lipinski definition) is 2. The summed E-state index contributed by atoms with van der Waals surface area (Å²) in [5, 5.41) is 0. The fourth-order valence-corrected chi connectivity index (χ4v) is 1.77. The normalized spacial score (nSPS) is 11.2. The second-order valence-corrected chi connectivity index (χ2v) is 4.48. The van der Waals surface area contributed by atoms with E-state index >= 15 is 0 Å². The number of ether oxygens (including phenoxy) is 2. The lowest BCUT2D eigenvalue weighted by molar-refractivity contribution is 0.0337. The molecule has 0 saturated heterocycles. The molecule has 0 bridgehead atoms. The van der Waals surface area contributed by atoms with Crippen molar-refractivity contribution in [1.82, 2.24) is 0 Å². The average molecular weight is 230 g/mol. The zero-order valence-corrected chi connectivity index (χ0v) is 11.5. The van der Waals surface area contributed by atoms with Crippen LogP contribution in [0.3, 0.4) is 0 Å². The molecule has 0 rings (SSSR count). The van der Waals surface area contributed by atoms with Gasteiger partial charge >= 0.3 is 0 Å². The van der Waals surface area contributed by atoms with Crippen LogP contribution >= 0.6 is 0 Å². The third-order valence-corrected chi connectivity index (χ3v) is 2.86. The second-order valence-electron chi connectivity index (χ2n) is 4.48. The highest BCUT2D eigenvalue weighted by atomic mass is 16.5. The minimum Gasteiger partial charge on any atom is -0.385 e. The average Bonchev–Trinajstić information content (AvgIpc) is 2.31. The second kappa shape index (κ2) is 13.0. The summed E-state index contributed by atoms with van der Waals surface area (Å²) < 4.78 is 11.0. The van der Waals surface area contributed by atoms with Crippen LogP contribution in [0.4, 0.5) is 0 Å². The molecule has 0 aromatic heterocycles. The van der Waals surface area contributed by atoms with E-state index in [1.54, 1.807) is 7.11 Å². The Labute approximate surface area is 102 Å². The first-order valence-corrected chi connectivity index (χ1v) is 6.95. The maximum absolute atomic E-state index is 5.94. The van der Waals surface area contributed by atoms with Gasteiger partial charge in [-0.2, -0.15) is 0 Å². The molecule has 0 aliphatic rings. The summed E-state index contributed by atoms with van der Waals surface area (Å²) in [6.07, 6.45) is 10.4. The van der Waals surface area contributed by atoms with E-state index in [4.69, 9.17) is 9.47 Å². The van der Waals surface area contributed by atoms with E-state index in [9.17, 15) is 0 Å². The standard InChI is InChI=1S/C14H30O2/c1-4-6-10-14(11-7-5-2)16-13-9-8-12-15-3/h14H,4-13H2,1-3H3. The topological polar surface area (TPSA) is 18.5 Å². The smallest absolute Gasteiger partial charge is 0.0575 e. The van der Waals surface area contributed by atoms with Gasteiger partial charge in [-0.15, -0.1) is 0 Å². The molecule has 0 aromatic carbocycles. The monoisotopic (exact) mass is 230 g/mol. The molecule has 0 radical (unpaired) electrons. The van der Waals surface area contributed by atoms with Crippen molar-refractivity contribution in [1.29, 1.82) is 0 Å². The Morgan fingerprint density at radius 1 is 0.812 bits per heavy atom. The summed E-state index contributed by atoms with van der Waals surface area (Å²) in [6, 6.07) is 0. The van der Waals surface area contributed by atoms with Crippen molar-refractivity contribution in [2.75, 3.05) is 20.3 Å². The van der Waals surface area contributed by atoms with Gasteiger partial charge < -0.3 is 9.47 Å². The van der Waals surface area contributed by atoms with Crippen LogP contribution in [0.2, 0.25) is 0 Å². The molecule has 0 aliphatic carbocycles. The summed E-state index contributed by atoms with van der Waals surface area (Å²) in [5.41, 5.74) is 0. The van der Waals surface area contributed by atoms with Gasteiger partial charge in [0.2, 0.25) is 0 Å². The maximum Gasteiger partial charge on any atom is 0.0575 e. The first-order chi connectivity index (χ1) is 7.85. The van der Waals surface area contributed by atoms with E-state index in [0.717, 1.165) is 26.1 Å². The van der Waals surface area contributed by atoms with Gasteiger partial charge in [0.05, 0.1) is 6.10 Å². The first-order valence-electron chi connectivity index (χ1n) is 6.95. The third-order valence-electron chi connectivity index (χ3n) is 2.86. The third kappa shape index (κ3) is 10.4. The van der Waals surface area contributed by atoms with Crippen molar-refractivity contribution in [2.45, 2.75) is 71.3 Å². The highest BCUT2D eigenvalue weighted by Gasteiger charge is 2.07. The molecule has 0 N–H and O–H groups in total. The summed E-state index contributed by atoms with van der Waals surface area (Å²) in [5.74, 6) is 0. The van der Waals surface area contributed by atoms with E-state index in [1.165, 1.54) is 38.5 Å². The molecule has 0 atom stereocenters. The zero-order chi connectivity index (χ0) is 12.1. The molecule has 0 aromatic rings. The van der Waals surface area contributed by atoms with Crippen molar-refractivity contribution >= 4 is 0 Å². The quantitative estimate of drug-likeness (QED) is 0.468. The molecular weight excluding hydrogens is 200 g/mol. The lowest BCUT2D eigenvalue weighted by Gasteiger charge is -2.17. The van der Waals surface area contributed by atoms with Crippen molar-refractivity contribution in [3.05, 3.63) is 0 Å². The lowest BCUT2D eigenvalue weighted by atomic mass is 10.1.